The van der Waals surface area contributed by atoms with Crippen molar-refractivity contribution >= 4 is 56.0 Å². The van der Waals surface area contributed by atoms with Crippen LogP contribution in [0.3, 0.4) is 0 Å². The van der Waals surface area contributed by atoms with E-state index in [1.54, 1.807) is 26.0 Å². The molecule has 1 aromatic carbocycles. The van der Waals surface area contributed by atoms with Crippen LogP contribution in [0.25, 0.3) is 22.3 Å². The van der Waals surface area contributed by atoms with Gasteiger partial charge in [-0.25, -0.2) is 4.98 Å². The summed E-state index contributed by atoms with van der Waals surface area (Å²) in [6.45, 7) is 14.5. The van der Waals surface area contributed by atoms with Gasteiger partial charge in [-0.15, -0.1) is 13.2 Å². The van der Waals surface area contributed by atoms with E-state index in [1.807, 2.05) is 19.4 Å². The van der Waals surface area contributed by atoms with Gasteiger partial charge in [0.15, 0.2) is 10.2 Å². The van der Waals surface area contributed by atoms with Crippen LogP contribution in [-0.2, 0) is 26.1 Å². The van der Waals surface area contributed by atoms with Crippen LogP contribution >= 0.6 is 23.5 Å². The maximum atomic E-state index is 11.3. The standard InChI is InChI=1S/C66H88N6O6S2/c1-6-38-75-40-24-26-54-56-28-32-60(68-56)64(61-33-29-57(69-61)55(27-25-41-76-39-7-2)59-31-35-63(71-59)65(62-34-30-58(54)70-62)66-67-36-37-72(66)5)51-46-52(77-42-20-16-12-8-10-14-18-22-44-79-49(3)73)48-53(47-51)78-43-21-17-13-9-11-15-19-23-45-80-50(4)74/h6-7,28-37,46-48,68-71H,1-2,8-27,38-45H2,3-5H3. The highest BCUT2D eigenvalue weighted by molar-refractivity contribution is 8.13. The Kier molecular flexibility index (Phi) is 26.5. The van der Waals surface area contributed by atoms with Crippen molar-refractivity contribution in [3.8, 4) is 11.5 Å². The predicted molar refractivity (Wildman–Crippen MR) is 331 cm³/mol. The number of fused-ring (bicyclic) bond motifs is 8. The smallest absolute Gasteiger partial charge is 0.185 e. The molecule has 0 fully saturated rings. The molecule has 0 radical (unpaired) electrons. The molecule has 4 N–H and O–H groups in total. The van der Waals surface area contributed by atoms with Gasteiger partial charge >= 0.3 is 0 Å². The number of carbonyl (C=O) groups excluding carboxylic acids is 2. The number of imidazole rings is 1. The van der Waals surface area contributed by atoms with Gasteiger partial charge in [-0.3, -0.25) is 9.59 Å². The third-order valence-corrected chi connectivity index (χ3v) is 16.3. The Bertz CT molecular complexity index is 3080. The van der Waals surface area contributed by atoms with Crippen molar-refractivity contribution in [2.24, 2.45) is 7.05 Å². The van der Waals surface area contributed by atoms with Crippen LogP contribution in [0.1, 0.15) is 176 Å². The molecule has 430 valence electrons. The van der Waals surface area contributed by atoms with Gasteiger partial charge in [0.1, 0.15) is 17.3 Å². The molecular formula is C66H88N6O6S2. The molecule has 7 rings (SSSR count). The maximum Gasteiger partial charge on any atom is 0.185 e. The molecule has 5 aromatic heterocycles. The minimum absolute atomic E-state index is 0.211. The lowest BCUT2D eigenvalue weighted by Crippen LogP contribution is -2.19. The van der Waals surface area contributed by atoms with Gasteiger partial charge in [-0.05, 0) is 129 Å². The highest BCUT2D eigenvalue weighted by Crippen LogP contribution is 2.32. The number of aryl methyl sites for hydroxylation is 1. The summed E-state index contributed by atoms with van der Waals surface area (Å²) < 4.78 is 27.3. The zero-order valence-electron chi connectivity index (χ0n) is 48.0. The molecule has 0 saturated heterocycles. The van der Waals surface area contributed by atoms with Gasteiger partial charge in [-0.1, -0.05) is 113 Å². The first-order valence-electron chi connectivity index (χ1n) is 29.5. The van der Waals surface area contributed by atoms with Gasteiger partial charge in [0, 0.05) is 103 Å². The Morgan fingerprint density at radius 3 is 1.39 bits per heavy atom. The summed E-state index contributed by atoms with van der Waals surface area (Å²) in [5, 5.41) is 4.38. The van der Waals surface area contributed by atoms with Crippen molar-refractivity contribution in [3.05, 3.63) is 160 Å². The average Bonchev–Trinajstić information content (AvgIpc) is 4.37. The number of ether oxygens (including phenoxy) is 4. The number of aromatic nitrogens is 6. The zero-order valence-corrected chi connectivity index (χ0v) is 49.7. The second-order valence-electron chi connectivity index (χ2n) is 20.9. The fourth-order valence-electron chi connectivity index (χ4n) is 10.4. The van der Waals surface area contributed by atoms with Gasteiger partial charge in [0.25, 0.3) is 0 Å². The average molecular weight is 1130 g/mol. The summed E-state index contributed by atoms with van der Waals surface area (Å²) >= 11 is 2.88. The third kappa shape index (κ3) is 19.7. The van der Waals surface area contributed by atoms with Crippen LogP contribution < -0.4 is 30.9 Å². The normalized spacial score (nSPS) is 12.4. The molecule has 0 aliphatic carbocycles. The SMILES string of the molecule is C=CCOCCCC1=c2ccc([nH]2)=C(c2cc(OCCCCCCCCCCSC(C)=O)cc(OCCCCCCCCCCSC(C)=O)c2)c2ccc([nH]2)C(CCCOCC=C)=c2ccc([nH]2)=C(c2nccn2C)c2ccc1[nH]2. The van der Waals surface area contributed by atoms with E-state index < -0.39 is 0 Å². The van der Waals surface area contributed by atoms with Crippen molar-refractivity contribution in [1.82, 2.24) is 29.5 Å². The van der Waals surface area contributed by atoms with E-state index >= 15 is 0 Å². The molecule has 0 atom stereocenters. The molecule has 80 heavy (non-hydrogen) atoms. The molecule has 6 heterocycles. The van der Waals surface area contributed by atoms with E-state index in [1.165, 1.54) is 87.7 Å². The number of nitrogens with one attached hydrogen (secondary N) is 4. The first-order chi connectivity index (χ1) is 39.2. The molecule has 0 unspecified atom stereocenters. The van der Waals surface area contributed by atoms with E-state index in [2.05, 4.69) is 104 Å². The summed E-state index contributed by atoms with van der Waals surface area (Å²) in [4.78, 5) is 43.0. The van der Waals surface area contributed by atoms with Gasteiger partial charge in [0.05, 0.1) is 43.0 Å². The quantitative estimate of drug-likeness (QED) is 0.0219. The fraction of sp³-hybridized carbons (Fsp3) is 0.470. The van der Waals surface area contributed by atoms with Crippen LogP contribution in [0.4, 0.5) is 0 Å². The number of H-pyrrole nitrogens is 4. The van der Waals surface area contributed by atoms with Crippen molar-refractivity contribution in [3.63, 3.8) is 0 Å². The van der Waals surface area contributed by atoms with Crippen molar-refractivity contribution < 1.29 is 28.5 Å². The molecule has 0 amide bonds. The first kappa shape index (κ1) is 61.7. The van der Waals surface area contributed by atoms with Crippen molar-refractivity contribution in [2.45, 2.75) is 142 Å². The van der Waals surface area contributed by atoms with Gasteiger partial charge in [0.2, 0.25) is 0 Å². The predicted octanol–water partition coefficient (Wildman–Crippen LogP) is 12.5. The number of unbranched alkanes of at least 4 members (excludes halogenated alkanes) is 14. The Morgan fingerprint density at radius 2 is 0.938 bits per heavy atom. The Balaban J connectivity index is 1.24. The third-order valence-electron chi connectivity index (χ3n) is 14.5. The summed E-state index contributed by atoms with van der Waals surface area (Å²) in [7, 11) is 2.04. The maximum absolute atomic E-state index is 11.3. The van der Waals surface area contributed by atoms with Gasteiger partial charge < -0.3 is 43.5 Å². The molecular weight excluding hydrogens is 1040 g/mol. The molecule has 1 aliphatic heterocycles. The first-order valence-corrected chi connectivity index (χ1v) is 31.5. The summed E-state index contributed by atoms with van der Waals surface area (Å²) in [5.41, 5.74) is 9.24. The Morgan fingerprint density at radius 1 is 0.512 bits per heavy atom. The lowest BCUT2D eigenvalue weighted by atomic mass is 10.0. The largest absolute Gasteiger partial charge is 0.493 e. The highest BCUT2D eigenvalue weighted by atomic mass is 32.2. The molecule has 6 aromatic rings. The molecule has 12 nitrogen and oxygen atoms in total. The van der Waals surface area contributed by atoms with E-state index in [-0.39, 0.29) is 10.2 Å². The minimum Gasteiger partial charge on any atom is -0.493 e. The van der Waals surface area contributed by atoms with E-state index in [0.29, 0.717) is 39.6 Å². The monoisotopic (exact) mass is 1120 g/mol. The lowest BCUT2D eigenvalue weighted by molar-refractivity contribution is -0.109. The van der Waals surface area contributed by atoms with Crippen LogP contribution in [0.15, 0.2) is 104 Å². The number of hydrogen-bond donors (Lipinski definition) is 4. The van der Waals surface area contributed by atoms with Gasteiger partial charge in [-0.2, -0.15) is 0 Å². The number of carbonyl (C=O) groups is 2. The van der Waals surface area contributed by atoms with Crippen LogP contribution in [0.5, 0.6) is 11.5 Å². The second-order valence-corrected chi connectivity index (χ2v) is 23.4. The molecule has 1 aliphatic rings. The molecule has 14 heteroatoms. The summed E-state index contributed by atoms with van der Waals surface area (Å²) in [6, 6.07) is 24.0. The van der Waals surface area contributed by atoms with E-state index in [9.17, 15) is 9.59 Å². The number of rotatable bonds is 38. The van der Waals surface area contributed by atoms with E-state index in [0.717, 1.165) is 165 Å². The fourth-order valence-corrected chi connectivity index (χ4v) is 11.7. The van der Waals surface area contributed by atoms with Crippen LogP contribution in [0.2, 0.25) is 0 Å². The summed E-state index contributed by atoms with van der Waals surface area (Å²) in [5.74, 6) is 4.29. The number of hydrogen-bond acceptors (Lipinski definition) is 9. The number of nitrogens with zero attached hydrogens (tertiary/aromatic N) is 2. The Hall–Kier alpha value is -5.93. The zero-order chi connectivity index (χ0) is 56.2. The molecule has 0 saturated carbocycles. The summed E-state index contributed by atoms with van der Waals surface area (Å²) in [6.07, 6.45) is 29.1. The number of benzene rings is 1. The number of aromatic amines is 4. The lowest BCUT2D eigenvalue weighted by Gasteiger charge is -2.15. The van der Waals surface area contributed by atoms with Crippen molar-refractivity contribution in [1.29, 1.82) is 0 Å². The Labute approximate surface area is 483 Å². The molecule has 8 bridgehead atoms. The van der Waals surface area contributed by atoms with Crippen LogP contribution in [-0.4, -0.2) is 90.9 Å². The van der Waals surface area contributed by atoms with Crippen LogP contribution in [0, 0.1) is 0 Å². The second kappa shape index (κ2) is 34.4. The van der Waals surface area contributed by atoms with E-state index in [4.69, 9.17) is 23.9 Å². The topological polar surface area (TPSA) is 152 Å². The molecule has 0 spiro atoms. The highest BCUT2D eigenvalue weighted by Gasteiger charge is 2.20. The number of thioether (sulfide) groups is 2. The minimum atomic E-state index is 0.211. The van der Waals surface area contributed by atoms with Crippen molar-refractivity contribution in [2.75, 3.05) is 51.1 Å².